The fraction of sp³-hybridized carbons (Fsp3) is 0.192. The average Bonchev–Trinajstić information content (AvgIpc) is 3.47. The van der Waals surface area contributed by atoms with E-state index in [4.69, 9.17) is 4.74 Å². The molecule has 4 rings (SSSR count). The van der Waals surface area contributed by atoms with Gasteiger partial charge in [-0.1, -0.05) is 123 Å². The Balaban J connectivity index is 2.21. The largest absolute Gasteiger partial charge is 0.462 e. The first-order valence-electron chi connectivity index (χ1n) is 10.5. The second-order valence-corrected chi connectivity index (χ2v) is 14.9. The molecule has 0 bridgehead atoms. The molecule has 0 N–H and O–H groups in total. The maximum absolute atomic E-state index is 14.0. The summed E-state index contributed by atoms with van der Waals surface area (Å²) in [7, 11) is 0. The van der Waals surface area contributed by atoms with Gasteiger partial charge in [0.2, 0.25) is 0 Å². The molecule has 3 aromatic carbocycles. The minimum Gasteiger partial charge on any atom is -0.462 e. The van der Waals surface area contributed by atoms with Gasteiger partial charge in [-0.3, -0.25) is 4.79 Å². The zero-order valence-electron chi connectivity index (χ0n) is 17.6. The standard InChI is InChI=1S/C26H23Br2O3P/c1-2-31-25(30)24(23(29)22-18-26(22,27)28)32(19-12-6-3-7-13-19,20-14-8-4-9-15-20)21-16-10-5-11-17-21/h3-17,22H,2,18H2,1H3. The number of carbonyl (C=O) groups is 2. The molecule has 1 fully saturated rings. The van der Waals surface area contributed by atoms with E-state index in [0.29, 0.717) is 6.42 Å². The third-order valence-electron chi connectivity index (χ3n) is 5.61. The first kappa shape index (κ1) is 23.2. The van der Waals surface area contributed by atoms with Crippen molar-refractivity contribution in [3.8, 4) is 0 Å². The molecule has 1 unspecified atom stereocenters. The molecule has 0 heterocycles. The Morgan fingerprint density at radius 1 is 0.844 bits per heavy atom. The molecule has 1 aliphatic rings. The monoisotopic (exact) mass is 572 g/mol. The molecule has 6 heteroatoms. The van der Waals surface area contributed by atoms with Gasteiger partial charge in [-0.15, -0.1) is 0 Å². The van der Waals surface area contributed by atoms with E-state index in [1.54, 1.807) is 6.92 Å². The van der Waals surface area contributed by atoms with Crippen LogP contribution in [0.25, 0.3) is 0 Å². The zero-order chi connectivity index (χ0) is 22.8. The van der Waals surface area contributed by atoms with Crippen LogP contribution in [0.4, 0.5) is 0 Å². The minimum atomic E-state index is -2.82. The molecule has 0 amide bonds. The predicted octanol–water partition coefficient (Wildman–Crippen LogP) is 4.79. The van der Waals surface area contributed by atoms with Crippen LogP contribution in [-0.2, 0) is 14.3 Å². The van der Waals surface area contributed by atoms with Crippen LogP contribution >= 0.6 is 38.7 Å². The van der Waals surface area contributed by atoms with Crippen molar-refractivity contribution >= 4 is 71.7 Å². The number of esters is 1. The van der Waals surface area contributed by atoms with Crippen LogP contribution in [0.3, 0.4) is 0 Å². The number of ketones is 1. The van der Waals surface area contributed by atoms with E-state index in [0.717, 1.165) is 15.9 Å². The Bertz CT molecular complexity index is 1070. The first-order chi connectivity index (χ1) is 15.4. The molecule has 1 aliphatic carbocycles. The van der Waals surface area contributed by atoms with Crippen molar-refractivity contribution in [2.75, 3.05) is 6.61 Å². The minimum absolute atomic E-state index is 0.165. The van der Waals surface area contributed by atoms with Gasteiger partial charge in [0.15, 0.2) is 5.78 Å². The maximum Gasteiger partial charge on any atom is 0.342 e. The van der Waals surface area contributed by atoms with Crippen molar-refractivity contribution in [1.82, 2.24) is 0 Å². The van der Waals surface area contributed by atoms with E-state index in [9.17, 15) is 9.59 Å². The predicted molar refractivity (Wildman–Crippen MR) is 140 cm³/mol. The van der Waals surface area contributed by atoms with Crippen LogP contribution in [0.2, 0.25) is 0 Å². The number of rotatable bonds is 7. The van der Waals surface area contributed by atoms with E-state index in [2.05, 4.69) is 31.9 Å². The number of ether oxygens (including phenoxy) is 1. The summed E-state index contributed by atoms with van der Waals surface area (Å²) in [6.45, 7) is -0.856. The summed E-state index contributed by atoms with van der Waals surface area (Å²) in [6.07, 6.45) is 0.618. The Labute approximate surface area is 205 Å². The van der Waals surface area contributed by atoms with Gasteiger partial charge >= 0.3 is 5.97 Å². The van der Waals surface area contributed by atoms with E-state index < -0.39 is 16.1 Å². The summed E-state index contributed by atoms with van der Waals surface area (Å²) in [5.74, 6) is -1.04. The maximum atomic E-state index is 14.0. The Morgan fingerprint density at radius 3 is 1.53 bits per heavy atom. The number of benzene rings is 3. The van der Waals surface area contributed by atoms with Crippen LogP contribution in [-0.4, -0.2) is 26.9 Å². The van der Waals surface area contributed by atoms with Crippen LogP contribution in [0.5, 0.6) is 0 Å². The first-order valence-corrected chi connectivity index (χ1v) is 13.8. The molecule has 1 saturated carbocycles. The number of alkyl halides is 2. The van der Waals surface area contributed by atoms with Gasteiger partial charge in [0.1, 0.15) is 5.29 Å². The van der Waals surface area contributed by atoms with Crippen molar-refractivity contribution in [2.45, 2.75) is 16.6 Å². The lowest BCUT2D eigenvalue weighted by atomic mass is 10.2. The molecule has 0 aromatic heterocycles. The van der Waals surface area contributed by atoms with E-state index in [1.807, 2.05) is 91.0 Å². The highest BCUT2D eigenvalue weighted by molar-refractivity contribution is 9.25. The molecule has 3 nitrogen and oxygen atoms in total. The number of hydrogen-bond donors (Lipinski definition) is 0. The molecule has 0 aliphatic heterocycles. The van der Waals surface area contributed by atoms with Gasteiger partial charge < -0.3 is 4.74 Å². The molecule has 3 aromatic rings. The third kappa shape index (κ3) is 4.19. The van der Waals surface area contributed by atoms with Crippen LogP contribution < -0.4 is 15.9 Å². The van der Waals surface area contributed by atoms with Gasteiger partial charge in [0.05, 0.1) is 15.8 Å². The van der Waals surface area contributed by atoms with E-state index in [1.165, 1.54) is 0 Å². The quantitative estimate of drug-likeness (QED) is 0.177. The number of halogens is 2. The lowest BCUT2D eigenvalue weighted by molar-refractivity contribution is -0.135. The molecule has 0 radical (unpaired) electrons. The van der Waals surface area contributed by atoms with Crippen LogP contribution in [0, 0.1) is 5.92 Å². The lowest BCUT2D eigenvalue weighted by Gasteiger charge is -2.31. The molecular weight excluding hydrogens is 551 g/mol. The summed E-state index contributed by atoms with van der Waals surface area (Å²) in [5, 5.41) is 3.09. The van der Waals surface area contributed by atoms with Gasteiger partial charge in [-0.05, 0) is 36.1 Å². The fourth-order valence-electron chi connectivity index (χ4n) is 4.05. The van der Waals surface area contributed by atoms with Crippen molar-refractivity contribution < 1.29 is 14.3 Å². The summed E-state index contributed by atoms with van der Waals surface area (Å²) < 4.78 is 5.06. The molecule has 0 saturated heterocycles. The number of Topliss-reactive ketones (excluding diaryl/α,β-unsaturated/α-hetero) is 1. The number of carbonyl (C=O) groups excluding carboxylic acids is 2. The lowest BCUT2D eigenvalue weighted by Crippen LogP contribution is -2.39. The normalized spacial score (nSPS) is 16.8. The summed E-state index contributed by atoms with van der Waals surface area (Å²) >= 11 is 7.18. The Kier molecular flexibility index (Phi) is 6.90. The van der Waals surface area contributed by atoms with E-state index >= 15 is 0 Å². The van der Waals surface area contributed by atoms with E-state index in [-0.39, 0.29) is 23.6 Å². The highest BCUT2D eigenvalue weighted by Crippen LogP contribution is 2.58. The second-order valence-electron chi connectivity index (χ2n) is 7.63. The average molecular weight is 574 g/mol. The van der Waals surface area contributed by atoms with Crippen molar-refractivity contribution in [1.29, 1.82) is 0 Å². The molecule has 32 heavy (non-hydrogen) atoms. The van der Waals surface area contributed by atoms with Crippen LogP contribution in [0.15, 0.2) is 91.0 Å². The molecule has 0 spiro atoms. The Morgan fingerprint density at radius 2 is 1.22 bits per heavy atom. The fourth-order valence-corrected chi connectivity index (χ4v) is 9.47. The highest BCUT2D eigenvalue weighted by atomic mass is 79.9. The smallest absolute Gasteiger partial charge is 0.342 e. The van der Waals surface area contributed by atoms with Gasteiger partial charge in [0, 0.05) is 0 Å². The van der Waals surface area contributed by atoms with Crippen molar-refractivity contribution in [3.63, 3.8) is 0 Å². The van der Waals surface area contributed by atoms with Crippen LogP contribution in [0.1, 0.15) is 13.3 Å². The highest BCUT2D eigenvalue weighted by Gasteiger charge is 2.57. The van der Waals surface area contributed by atoms with Crippen molar-refractivity contribution in [2.24, 2.45) is 5.92 Å². The molecule has 164 valence electrons. The summed E-state index contributed by atoms with van der Waals surface area (Å²) in [4.78, 5) is 27.6. The zero-order valence-corrected chi connectivity index (χ0v) is 21.6. The van der Waals surface area contributed by atoms with Gasteiger partial charge in [-0.2, -0.15) is 0 Å². The van der Waals surface area contributed by atoms with Gasteiger partial charge in [0.25, 0.3) is 0 Å². The van der Waals surface area contributed by atoms with Crippen molar-refractivity contribution in [3.05, 3.63) is 91.0 Å². The van der Waals surface area contributed by atoms with Gasteiger partial charge in [-0.25, -0.2) is 4.79 Å². The third-order valence-corrected chi connectivity index (χ3v) is 11.7. The summed E-state index contributed by atoms with van der Waals surface area (Å²) in [6, 6.07) is 29.7. The topological polar surface area (TPSA) is 43.4 Å². The SMILES string of the molecule is CCOC(=O)C(C(=O)C1CC1(Br)Br)=P(c1ccccc1)(c1ccccc1)c1ccccc1. The summed E-state index contributed by atoms with van der Waals surface area (Å²) in [5.41, 5.74) is 0. The molecule has 1 atom stereocenters. The number of hydrogen-bond acceptors (Lipinski definition) is 3. The second kappa shape index (κ2) is 9.51. The molecular formula is C26H23Br2O3P. The Hall–Kier alpha value is -1.94.